The van der Waals surface area contributed by atoms with E-state index in [0.29, 0.717) is 12.3 Å². The van der Waals surface area contributed by atoms with Crippen LogP contribution in [0.3, 0.4) is 0 Å². The van der Waals surface area contributed by atoms with E-state index in [2.05, 4.69) is 26.1 Å². The summed E-state index contributed by atoms with van der Waals surface area (Å²) in [5.41, 5.74) is 7.73. The Hall–Kier alpha value is -1.38. The molecule has 1 aromatic rings. The van der Waals surface area contributed by atoms with Crippen LogP contribution < -0.4 is 15.8 Å². The first-order chi connectivity index (χ1) is 9.71. The minimum Gasteiger partial charge on any atom is -0.491 e. The summed E-state index contributed by atoms with van der Waals surface area (Å²) in [4.78, 5) is 0. The van der Waals surface area contributed by atoms with Crippen LogP contribution in [-0.2, 0) is 0 Å². The number of hydrogen-bond acceptors (Lipinski definition) is 3. The second-order valence-corrected chi connectivity index (χ2v) is 5.40. The van der Waals surface area contributed by atoms with Crippen LogP contribution in [0.5, 0.6) is 5.75 Å². The zero-order valence-electron chi connectivity index (χ0n) is 13.2. The van der Waals surface area contributed by atoms with Crippen molar-refractivity contribution in [2.24, 2.45) is 5.92 Å². The highest BCUT2D eigenvalue weighted by Gasteiger charge is 2.07. The topological polar surface area (TPSA) is 47.3 Å². The van der Waals surface area contributed by atoms with Gasteiger partial charge in [0.2, 0.25) is 0 Å². The second-order valence-electron chi connectivity index (χ2n) is 5.40. The number of anilines is 2. The maximum atomic E-state index is 5.93. The second kappa shape index (κ2) is 9.51. The highest BCUT2D eigenvalue weighted by atomic mass is 16.5. The van der Waals surface area contributed by atoms with E-state index < -0.39 is 0 Å². The largest absolute Gasteiger partial charge is 0.491 e. The number of nitrogens with one attached hydrogen (secondary N) is 1. The lowest BCUT2D eigenvalue weighted by molar-refractivity contribution is 0.319. The molecular formula is C17H30N2O. The lowest BCUT2D eigenvalue weighted by atomic mass is 9.99. The molecule has 114 valence electrons. The fourth-order valence-corrected chi connectivity index (χ4v) is 2.19. The van der Waals surface area contributed by atoms with Crippen LogP contribution >= 0.6 is 0 Å². The van der Waals surface area contributed by atoms with Gasteiger partial charge in [0.25, 0.3) is 0 Å². The minimum absolute atomic E-state index is 0.710. The molecule has 0 heterocycles. The summed E-state index contributed by atoms with van der Waals surface area (Å²) in [7, 11) is 0. The van der Waals surface area contributed by atoms with Gasteiger partial charge in [0.05, 0.1) is 12.3 Å². The Morgan fingerprint density at radius 1 is 1.20 bits per heavy atom. The molecule has 3 heteroatoms. The molecule has 3 N–H and O–H groups in total. The Labute approximate surface area is 123 Å². The normalized spacial score (nSPS) is 12.2. The number of unbranched alkanes of at least 4 members (excludes halogenated alkanes) is 1. The third-order valence-corrected chi connectivity index (χ3v) is 3.61. The van der Waals surface area contributed by atoms with Crippen molar-refractivity contribution in [2.75, 3.05) is 24.2 Å². The summed E-state index contributed by atoms with van der Waals surface area (Å²) in [6.45, 7) is 8.34. The standard InChI is InChI=1S/C17H30N2O/c1-4-7-8-14(6-3)13-19-15-9-10-16(18)17(12-15)20-11-5-2/h9-10,12,14,19H,4-8,11,13,18H2,1-3H3. The quantitative estimate of drug-likeness (QED) is 0.611. The van der Waals surface area contributed by atoms with Crippen molar-refractivity contribution in [2.45, 2.75) is 52.9 Å². The fraction of sp³-hybridized carbons (Fsp3) is 0.647. The number of benzene rings is 1. The Morgan fingerprint density at radius 3 is 2.65 bits per heavy atom. The van der Waals surface area contributed by atoms with Gasteiger partial charge in [-0.2, -0.15) is 0 Å². The first-order valence-corrected chi connectivity index (χ1v) is 7.97. The summed E-state index contributed by atoms with van der Waals surface area (Å²) >= 11 is 0. The molecule has 3 nitrogen and oxygen atoms in total. The van der Waals surface area contributed by atoms with E-state index in [4.69, 9.17) is 10.5 Å². The van der Waals surface area contributed by atoms with Crippen LogP contribution in [0, 0.1) is 5.92 Å². The van der Waals surface area contributed by atoms with Gasteiger partial charge >= 0.3 is 0 Å². The van der Waals surface area contributed by atoms with Gasteiger partial charge in [-0.25, -0.2) is 0 Å². The Morgan fingerprint density at radius 2 is 2.00 bits per heavy atom. The molecule has 0 radical (unpaired) electrons. The SMILES string of the molecule is CCCCC(CC)CNc1ccc(N)c(OCCC)c1. The molecule has 0 bridgehead atoms. The third kappa shape index (κ3) is 5.72. The van der Waals surface area contributed by atoms with Crippen LogP contribution in [0.4, 0.5) is 11.4 Å². The molecule has 0 spiro atoms. The summed E-state index contributed by atoms with van der Waals surface area (Å²) in [6, 6.07) is 5.96. The van der Waals surface area contributed by atoms with Crippen molar-refractivity contribution in [3.8, 4) is 5.75 Å². The molecule has 0 fully saturated rings. The van der Waals surface area contributed by atoms with Crippen LogP contribution in [0.2, 0.25) is 0 Å². The fourth-order valence-electron chi connectivity index (χ4n) is 2.19. The number of nitrogen functional groups attached to an aromatic ring is 1. The first-order valence-electron chi connectivity index (χ1n) is 7.97. The predicted molar refractivity (Wildman–Crippen MR) is 88.4 cm³/mol. The van der Waals surface area contributed by atoms with E-state index >= 15 is 0 Å². The van der Waals surface area contributed by atoms with Crippen LogP contribution in [0.1, 0.15) is 52.9 Å². The minimum atomic E-state index is 0.710. The molecule has 0 aromatic heterocycles. The molecule has 0 amide bonds. The first kappa shape index (κ1) is 16.7. The highest BCUT2D eigenvalue weighted by molar-refractivity contribution is 5.61. The molecule has 1 atom stereocenters. The number of rotatable bonds is 10. The van der Waals surface area contributed by atoms with E-state index in [9.17, 15) is 0 Å². The number of nitrogens with two attached hydrogens (primary N) is 1. The van der Waals surface area contributed by atoms with Gasteiger partial charge in [-0.15, -0.1) is 0 Å². The molecule has 20 heavy (non-hydrogen) atoms. The van der Waals surface area contributed by atoms with Gasteiger partial charge in [0, 0.05) is 18.3 Å². The zero-order chi connectivity index (χ0) is 14.8. The van der Waals surface area contributed by atoms with Crippen molar-refractivity contribution in [1.82, 2.24) is 0 Å². The number of ether oxygens (including phenoxy) is 1. The van der Waals surface area contributed by atoms with Crippen LogP contribution in [0.15, 0.2) is 18.2 Å². The highest BCUT2D eigenvalue weighted by Crippen LogP contribution is 2.26. The molecule has 1 unspecified atom stereocenters. The lowest BCUT2D eigenvalue weighted by Crippen LogP contribution is -2.13. The van der Waals surface area contributed by atoms with Gasteiger partial charge in [-0.3, -0.25) is 0 Å². The van der Waals surface area contributed by atoms with Gasteiger partial charge in [-0.05, 0) is 30.9 Å². The molecule has 0 aliphatic heterocycles. The van der Waals surface area contributed by atoms with Crippen molar-refractivity contribution in [1.29, 1.82) is 0 Å². The number of hydrogen-bond donors (Lipinski definition) is 2. The molecule has 1 rings (SSSR count). The van der Waals surface area contributed by atoms with E-state index in [-0.39, 0.29) is 0 Å². The summed E-state index contributed by atoms with van der Waals surface area (Å²) < 4.78 is 5.66. The van der Waals surface area contributed by atoms with Crippen LogP contribution in [-0.4, -0.2) is 13.2 Å². The van der Waals surface area contributed by atoms with Crippen molar-refractivity contribution in [3.63, 3.8) is 0 Å². The molecule has 0 saturated carbocycles. The zero-order valence-corrected chi connectivity index (χ0v) is 13.2. The van der Waals surface area contributed by atoms with Gasteiger partial charge in [0.15, 0.2) is 0 Å². The molecule has 0 aliphatic rings. The van der Waals surface area contributed by atoms with Gasteiger partial charge < -0.3 is 15.8 Å². The van der Waals surface area contributed by atoms with Gasteiger partial charge in [0.1, 0.15) is 5.75 Å². The Kier molecular flexibility index (Phi) is 7.93. The maximum absolute atomic E-state index is 5.93. The van der Waals surface area contributed by atoms with Crippen LogP contribution in [0.25, 0.3) is 0 Å². The van der Waals surface area contributed by atoms with Crippen molar-refractivity contribution >= 4 is 11.4 Å². The van der Waals surface area contributed by atoms with E-state index in [0.717, 1.165) is 30.3 Å². The Bertz CT molecular complexity index is 379. The predicted octanol–water partition coefficient (Wildman–Crippen LogP) is 4.69. The van der Waals surface area contributed by atoms with E-state index in [1.165, 1.54) is 25.7 Å². The molecule has 0 saturated heterocycles. The van der Waals surface area contributed by atoms with E-state index in [1.807, 2.05) is 18.2 Å². The smallest absolute Gasteiger partial charge is 0.144 e. The summed E-state index contributed by atoms with van der Waals surface area (Å²) in [6.07, 6.45) is 6.10. The lowest BCUT2D eigenvalue weighted by Gasteiger charge is -2.17. The van der Waals surface area contributed by atoms with Crippen molar-refractivity contribution in [3.05, 3.63) is 18.2 Å². The average Bonchev–Trinajstić information content (AvgIpc) is 2.47. The molecule has 1 aromatic carbocycles. The Balaban J connectivity index is 2.54. The third-order valence-electron chi connectivity index (χ3n) is 3.61. The summed E-state index contributed by atoms with van der Waals surface area (Å²) in [5.74, 6) is 1.53. The molecular weight excluding hydrogens is 248 g/mol. The molecule has 0 aliphatic carbocycles. The van der Waals surface area contributed by atoms with E-state index in [1.54, 1.807) is 0 Å². The van der Waals surface area contributed by atoms with Crippen molar-refractivity contribution < 1.29 is 4.74 Å². The maximum Gasteiger partial charge on any atom is 0.144 e. The van der Waals surface area contributed by atoms with Gasteiger partial charge in [-0.1, -0.05) is 40.0 Å². The summed E-state index contributed by atoms with van der Waals surface area (Å²) in [5, 5.41) is 3.51. The average molecular weight is 278 g/mol. The monoisotopic (exact) mass is 278 g/mol.